The number of nitrogens with one attached hydrogen (secondary N) is 2. The second kappa shape index (κ2) is 16.6. The Kier molecular flexibility index (Phi) is 12.2. The molecule has 19 nitrogen and oxygen atoms in total. The lowest BCUT2D eigenvalue weighted by Crippen LogP contribution is -2.71. The molecule has 0 radical (unpaired) electrons. The number of nitrogen functional groups attached to an aromatic ring is 1. The van der Waals surface area contributed by atoms with Crippen molar-refractivity contribution in [2.45, 2.75) is 30.9 Å². The molecule has 55 heavy (non-hydrogen) atoms. The first-order valence-corrected chi connectivity index (χ1v) is 19.5. The standard InChI is InChI=1S/C31H27FN8O8S2.CH4O3S/c32-19-10-18(1-2-21(19)41)34-22(42)12-38-6-3-15(4-7-38)11-39-8-5-16(27(39)44)9-17-13-49-29-24(28(45)40(29)25(17)30(46)47)36-26(43)23(37-48)20-14-50-31(33)35-20;1-5(2,3)4/h1-4,6-7,9-10,14,24,29H,5,8,11-13H2,(H6-,33,34,35,36,37,41,42,43,46,47,48);1H3,(H,2,3,4)/b16-9+;/t24-,29-;/m1./s1. The maximum atomic E-state index is 13.5. The molecule has 2 atom stereocenters. The van der Waals surface area contributed by atoms with Crippen LogP contribution in [-0.4, -0.2) is 108 Å². The Balaban J connectivity index is 0.00000109. The number of thioether (sulfide) groups is 1. The second-order valence-corrected chi connectivity index (χ2v) is 15.4. The minimum Gasteiger partial charge on any atom is -0.748 e. The number of allylic oxidation sites excluding steroid dienone is 1. The molecule has 0 unspecified atom stereocenters. The summed E-state index contributed by atoms with van der Waals surface area (Å²) in [4.78, 5) is 70.5. The monoisotopic (exact) mass is 818 g/mol. The number of halogens is 1. The maximum Gasteiger partial charge on any atom is 0.352 e. The molecule has 290 valence electrons. The van der Waals surface area contributed by atoms with E-state index in [9.17, 15) is 43.8 Å². The molecule has 5 heterocycles. The number of hydrogen-bond donors (Lipinski definition) is 6. The van der Waals surface area contributed by atoms with Crippen molar-refractivity contribution in [1.29, 1.82) is 0 Å². The van der Waals surface area contributed by atoms with Crippen molar-refractivity contribution >= 4 is 79.3 Å². The Morgan fingerprint density at radius 2 is 1.91 bits per heavy atom. The van der Waals surface area contributed by atoms with Gasteiger partial charge >= 0.3 is 5.97 Å². The van der Waals surface area contributed by atoms with Crippen LogP contribution in [0.5, 0.6) is 5.75 Å². The number of phenolic OH excluding ortho intramolecular Hbond substituents is 1. The van der Waals surface area contributed by atoms with E-state index in [-0.39, 0.29) is 52.5 Å². The molecule has 2 fully saturated rings. The van der Waals surface area contributed by atoms with E-state index in [0.29, 0.717) is 24.8 Å². The van der Waals surface area contributed by atoms with Gasteiger partial charge in [-0.15, -0.1) is 23.1 Å². The van der Waals surface area contributed by atoms with Gasteiger partial charge in [-0.3, -0.25) is 24.1 Å². The largest absolute Gasteiger partial charge is 0.748 e. The number of likely N-dealkylation sites (tertiary alicyclic amines) is 1. The number of thiazole rings is 1. The third-order valence-corrected chi connectivity index (χ3v) is 10.00. The van der Waals surface area contributed by atoms with E-state index in [0.717, 1.165) is 33.9 Å². The number of pyridine rings is 1. The molecule has 0 saturated carbocycles. The molecule has 3 aliphatic heterocycles. The fraction of sp³-hybridized carbons (Fsp3) is 0.250. The number of oxime groups is 1. The average molecular weight is 819 g/mol. The van der Waals surface area contributed by atoms with Crippen LogP contribution in [-0.2, 0) is 47.2 Å². The number of benzene rings is 1. The van der Waals surface area contributed by atoms with Crippen molar-refractivity contribution in [3.63, 3.8) is 0 Å². The molecule has 0 bridgehead atoms. The predicted molar refractivity (Wildman–Crippen MR) is 192 cm³/mol. The van der Waals surface area contributed by atoms with Crippen molar-refractivity contribution in [2.75, 3.05) is 29.6 Å². The Hall–Kier alpha value is -5.91. The van der Waals surface area contributed by atoms with Gasteiger partial charge in [0.15, 0.2) is 34.8 Å². The number of aliphatic carboxylic acids is 1. The smallest absolute Gasteiger partial charge is 0.352 e. The Bertz CT molecular complexity index is 2250. The van der Waals surface area contributed by atoms with E-state index in [1.54, 1.807) is 34.0 Å². The number of anilines is 2. The highest BCUT2D eigenvalue weighted by Gasteiger charge is 2.54. The summed E-state index contributed by atoms with van der Waals surface area (Å²) in [5, 5.41) is 37.6. The number of nitrogens with zero attached hydrogens (tertiary/aromatic N) is 5. The van der Waals surface area contributed by atoms with E-state index >= 15 is 0 Å². The molecule has 2 aromatic heterocycles. The molecule has 0 aliphatic carbocycles. The van der Waals surface area contributed by atoms with E-state index in [1.807, 2.05) is 0 Å². The van der Waals surface area contributed by atoms with Crippen molar-refractivity contribution in [1.82, 2.24) is 20.1 Å². The molecule has 23 heteroatoms. The quantitative estimate of drug-likeness (QED) is 0.0228. The van der Waals surface area contributed by atoms with Crippen LogP contribution in [0, 0.1) is 5.82 Å². The van der Waals surface area contributed by atoms with Crippen LogP contribution in [0.4, 0.5) is 15.2 Å². The SMILES string of the molecule is CS(=O)(=O)[O-].Nc1nc(/C(=N/O)C(=O)N[C@@H]2C(=O)N3C(C(=O)O)=C(/C=C4\CCN(Cc5cc[n+](CC(=O)Nc6ccc(O)c(F)c6)cc5)C4=O)CS[C@H]23)cs1. The van der Waals surface area contributed by atoms with Crippen molar-refractivity contribution in [3.8, 4) is 5.75 Å². The first-order chi connectivity index (χ1) is 25.9. The van der Waals surface area contributed by atoms with Crippen LogP contribution < -0.4 is 20.9 Å². The lowest BCUT2D eigenvalue weighted by Gasteiger charge is -2.49. The van der Waals surface area contributed by atoms with Gasteiger partial charge in [0.05, 0.1) is 10.1 Å². The Morgan fingerprint density at radius 1 is 1.22 bits per heavy atom. The fourth-order valence-electron chi connectivity index (χ4n) is 5.61. The molecular weight excluding hydrogens is 788 g/mol. The molecule has 2 saturated heterocycles. The lowest BCUT2D eigenvalue weighted by molar-refractivity contribution is -0.684. The van der Waals surface area contributed by atoms with Crippen LogP contribution in [0.15, 0.2) is 76.2 Å². The highest BCUT2D eigenvalue weighted by atomic mass is 32.2. The zero-order chi connectivity index (χ0) is 40.2. The van der Waals surface area contributed by atoms with Crippen LogP contribution in [0.1, 0.15) is 17.7 Å². The first kappa shape index (κ1) is 40.3. The summed E-state index contributed by atoms with van der Waals surface area (Å²) >= 11 is 2.24. The highest BCUT2D eigenvalue weighted by molar-refractivity contribution is 8.00. The number of β-lactam (4-membered cyclic amide) rings is 1. The number of fused-ring (bicyclic) bond motifs is 1. The average Bonchev–Trinajstić information content (AvgIpc) is 3.69. The van der Waals surface area contributed by atoms with Gasteiger partial charge < -0.3 is 41.2 Å². The highest BCUT2D eigenvalue weighted by Crippen LogP contribution is 2.41. The lowest BCUT2D eigenvalue weighted by atomic mass is 10.0. The number of phenols is 1. The van der Waals surface area contributed by atoms with Crippen LogP contribution in [0.25, 0.3) is 0 Å². The van der Waals surface area contributed by atoms with Crippen LogP contribution in [0.2, 0.25) is 0 Å². The molecule has 7 N–H and O–H groups in total. The number of aromatic hydroxyl groups is 1. The molecule has 1 aromatic carbocycles. The minimum atomic E-state index is -3.92. The number of amides is 4. The first-order valence-electron chi connectivity index (χ1n) is 15.8. The van der Waals surface area contributed by atoms with Crippen molar-refractivity contribution < 1.29 is 61.3 Å². The number of hydrogen-bond acceptors (Lipinski definition) is 15. The summed E-state index contributed by atoms with van der Waals surface area (Å²) in [5.41, 5.74) is 6.53. The van der Waals surface area contributed by atoms with Gasteiger partial charge in [0, 0.05) is 59.9 Å². The normalized spacial score (nSPS) is 19.0. The van der Waals surface area contributed by atoms with E-state index < -0.39 is 62.5 Å². The molecule has 4 amide bonds. The van der Waals surface area contributed by atoms with E-state index in [4.69, 9.17) is 18.7 Å². The summed E-state index contributed by atoms with van der Waals surface area (Å²) in [7, 11) is -3.92. The molecule has 6 rings (SSSR count). The second-order valence-electron chi connectivity index (χ2n) is 12.0. The van der Waals surface area contributed by atoms with Gasteiger partial charge in [-0.1, -0.05) is 5.16 Å². The van der Waals surface area contributed by atoms with Gasteiger partial charge in [-0.25, -0.2) is 22.6 Å². The summed E-state index contributed by atoms with van der Waals surface area (Å²) in [6.45, 7) is 0.577. The predicted octanol–water partition coefficient (Wildman–Crippen LogP) is -0.0666. The summed E-state index contributed by atoms with van der Waals surface area (Å²) < 4.78 is 42.4. The zero-order valence-corrected chi connectivity index (χ0v) is 30.9. The molecule has 3 aliphatic rings. The number of carbonyl (C=O) groups is 5. The third-order valence-electron chi connectivity index (χ3n) is 8.02. The maximum absolute atomic E-state index is 13.5. The van der Waals surface area contributed by atoms with Crippen LogP contribution >= 0.6 is 23.1 Å². The number of carbonyl (C=O) groups excluding carboxylic acids is 4. The van der Waals surface area contributed by atoms with Gasteiger partial charge in [0.2, 0.25) is 12.5 Å². The number of carboxylic acid groups (broad SMARTS) is 1. The van der Waals surface area contributed by atoms with Gasteiger partial charge in [-0.05, 0) is 35.8 Å². The minimum absolute atomic E-state index is 0.0190. The molecule has 3 aromatic rings. The van der Waals surface area contributed by atoms with E-state index in [2.05, 4.69) is 20.8 Å². The molecular formula is C32H31FN8O11S3. The Labute approximate surface area is 319 Å². The Morgan fingerprint density at radius 3 is 2.51 bits per heavy atom. The third kappa shape index (κ3) is 9.80. The number of aromatic nitrogens is 2. The van der Waals surface area contributed by atoms with E-state index in [1.165, 1.54) is 29.3 Å². The number of carboxylic acids is 1. The fourth-order valence-corrected chi connectivity index (χ4v) is 7.46. The number of nitrogens with two attached hydrogens (primary N) is 1. The van der Waals surface area contributed by atoms with Crippen molar-refractivity contribution in [3.05, 3.63) is 88.1 Å². The zero-order valence-electron chi connectivity index (χ0n) is 28.4. The summed E-state index contributed by atoms with van der Waals surface area (Å²) in [6.07, 6.45) is 5.79. The number of rotatable bonds is 10. The topological polar surface area (TPSA) is 289 Å². The van der Waals surface area contributed by atoms with Crippen molar-refractivity contribution in [2.24, 2.45) is 5.16 Å². The summed E-state index contributed by atoms with van der Waals surface area (Å²) in [5.74, 6) is -4.85. The van der Waals surface area contributed by atoms with Gasteiger partial charge in [0.1, 0.15) is 22.8 Å². The van der Waals surface area contributed by atoms with Crippen LogP contribution in [0.3, 0.4) is 0 Å². The van der Waals surface area contributed by atoms with Gasteiger partial charge in [0.25, 0.3) is 17.7 Å². The van der Waals surface area contributed by atoms with Gasteiger partial charge in [-0.2, -0.15) is 4.57 Å². The summed E-state index contributed by atoms with van der Waals surface area (Å²) in [6, 6.07) is 5.93. The molecule has 0 spiro atoms.